The van der Waals surface area contributed by atoms with E-state index < -0.39 is 12.3 Å². The van der Waals surface area contributed by atoms with Gasteiger partial charge in [0.1, 0.15) is 6.17 Å². The standard InChI is InChI=1S/C8H15F2N/c1-6(7(2)9)4-8(10)5-11-3/h6-8H,3-5H2,1-2H3/t6-,7-,8?/m0/s1. The van der Waals surface area contributed by atoms with Crippen molar-refractivity contribution in [1.82, 2.24) is 0 Å². The van der Waals surface area contributed by atoms with E-state index in [1.54, 1.807) is 6.92 Å². The maximum absolute atomic E-state index is 12.7. The Morgan fingerprint density at radius 1 is 1.36 bits per heavy atom. The van der Waals surface area contributed by atoms with Crippen molar-refractivity contribution in [3.63, 3.8) is 0 Å². The molecule has 0 amide bonds. The summed E-state index contributed by atoms with van der Waals surface area (Å²) in [6, 6.07) is 0. The van der Waals surface area contributed by atoms with Crippen LogP contribution in [0, 0.1) is 5.92 Å². The Hall–Kier alpha value is -0.470. The second kappa shape index (κ2) is 5.22. The van der Waals surface area contributed by atoms with Crippen LogP contribution >= 0.6 is 0 Å². The molecule has 11 heavy (non-hydrogen) atoms. The zero-order valence-corrected chi connectivity index (χ0v) is 7.06. The normalized spacial score (nSPS) is 18.9. The predicted octanol–water partition coefficient (Wildman–Crippen LogP) is 2.41. The van der Waals surface area contributed by atoms with E-state index in [0.29, 0.717) is 0 Å². The summed E-state index contributed by atoms with van der Waals surface area (Å²) in [5, 5.41) is 0. The Morgan fingerprint density at radius 3 is 2.27 bits per heavy atom. The van der Waals surface area contributed by atoms with Crippen LogP contribution in [0.1, 0.15) is 20.3 Å². The molecule has 3 atom stereocenters. The first kappa shape index (κ1) is 10.5. The maximum atomic E-state index is 12.7. The lowest BCUT2D eigenvalue weighted by molar-refractivity contribution is 0.200. The van der Waals surface area contributed by atoms with Gasteiger partial charge in [0.05, 0.1) is 12.7 Å². The van der Waals surface area contributed by atoms with E-state index in [2.05, 4.69) is 11.7 Å². The summed E-state index contributed by atoms with van der Waals surface area (Å²) in [5.74, 6) is -0.230. The first-order chi connectivity index (χ1) is 5.07. The van der Waals surface area contributed by atoms with E-state index in [4.69, 9.17) is 0 Å². The molecule has 0 saturated carbocycles. The lowest BCUT2D eigenvalue weighted by Gasteiger charge is -2.13. The molecule has 0 aliphatic heterocycles. The average Bonchev–Trinajstić information content (AvgIpc) is 1.87. The van der Waals surface area contributed by atoms with Gasteiger partial charge in [0.15, 0.2) is 0 Å². The van der Waals surface area contributed by atoms with Crippen LogP contribution in [0.15, 0.2) is 4.99 Å². The molecule has 0 aromatic rings. The van der Waals surface area contributed by atoms with E-state index in [1.165, 1.54) is 6.92 Å². The van der Waals surface area contributed by atoms with Crippen molar-refractivity contribution in [2.75, 3.05) is 6.54 Å². The number of nitrogens with zero attached hydrogens (tertiary/aromatic N) is 1. The summed E-state index contributed by atoms with van der Waals surface area (Å²) >= 11 is 0. The first-order valence-electron chi connectivity index (χ1n) is 3.78. The van der Waals surface area contributed by atoms with Crippen molar-refractivity contribution >= 4 is 6.72 Å². The molecule has 0 heterocycles. The minimum Gasteiger partial charge on any atom is -0.298 e. The van der Waals surface area contributed by atoms with Gasteiger partial charge in [0.2, 0.25) is 0 Å². The minimum absolute atomic E-state index is 0.0804. The highest BCUT2D eigenvalue weighted by Crippen LogP contribution is 2.15. The van der Waals surface area contributed by atoms with Gasteiger partial charge in [-0.1, -0.05) is 6.92 Å². The number of halogens is 2. The fraction of sp³-hybridized carbons (Fsp3) is 0.875. The topological polar surface area (TPSA) is 12.4 Å². The summed E-state index contributed by atoms with van der Waals surface area (Å²) < 4.78 is 25.2. The molecule has 0 radical (unpaired) electrons. The third-order valence-corrected chi connectivity index (χ3v) is 1.74. The lowest BCUT2D eigenvalue weighted by atomic mass is 10.0. The molecular formula is C8H15F2N. The van der Waals surface area contributed by atoms with Crippen LogP contribution in [-0.2, 0) is 0 Å². The summed E-state index contributed by atoms with van der Waals surface area (Å²) in [7, 11) is 0. The smallest absolute Gasteiger partial charge is 0.120 e. The van der Waals surface area contributed by atoms with Crippen LogP contribution < -0.4 is 0 Å². The van der Waals surface area contributed by atoms with Gasteiger partial charge in [-0.3, -0.25) is 4.99 Å². The molecule has 1 nitrogen and oxygen atoms in total. The third kappa shape index (κ3) is 4.87. The van der Waals surface area contributed by atoms with Crippen molar-refractivity contribution in [3.8, 4) is 0 Å². The summed E-state index contributed by atoms with van der Waals surface area (Å²) in [4.78, 5) is 3.40. The number of hydrogen-bond acceptors (Lipinski definition) is 1. The number of hydrogen-bond donors (Lipinski definition) is 0. The molecule has 0 aliphatic carbocycles. The summed E-state index contributed by atoms with van der Waals surface area (Å²) in [6.07, 6.45) is -1.75. The van der Waals surface area contributed by atoms with Crippen LogP contribution in [-0.4, -0.2) is 25.6 Å². The van der Waals surface area contributed by atoms with Gasteiger partial charge in [0, 0.05) is 0 Å². The maximum Gasteiger partial charge on any atom is 0.120 e. The Kier molecular flexibility index (Phi) is 4.99. The highest BCUT2D eigenvalue weighted by Gasteiger charge is 2.16. The van der Waals surface area contributed by atoms with E-state index in [0.717, 1.165) is 0 Å². The van der Waals surface area contributed by atoms with Crippen LogP contribution in [0.25, 0.3) is 0 Å². The molecule has 0 aliphatic rings. The fourth-order valence-corrected chi connectivity index (χ4v) is 0.806. The van der Waals surface area contributed by atoms with Gasteiger partial charge < -0.3 is 0 Å². The Labute approximate surface area is 66.5 Å². The van der Waals surface area contributed by atoms with Crippen molar-refractivity contribution in [3.05, 3.63) is 0 Å². The van der Waals surface area contributed by atoms with E-state index in [9.17, 15) is 8.78 Å². The molecule has 0 saturated heterocycles. The Bertz CT molecular complexity index is 115. The minimum atomic E-state index is -1.04. The third-order valence-electron chi connectivity index (χ3n) is 1.74. The Morgan fingerprint density at radius 2 is 1.91 bits per heavy atom. The predicted molar refractivity (Wildman–Crippen MR) is 43.7 cm³/mol. The molecule has 0 rings (SSSR count). The van der Waals surface area contributed by atoms with Gasteiger partial charge in [-0.2, -0.15) is 0 Å². The molecule has 66 valence electrons. The van der Waals surface area contributed by atoms with E-state index >= 15 is 0 Å². The van der Waals surface area contributed by atoms with Crippen molar-refractivity contribution in [2.24, 2.45) is 10.9 Å². The molecule has 0 bridgehead atoms. The van der Waals surface area contributed by atoms with Crippen LogP contribution in [0.5, 0.6) is 0 Å². The molecule has 0 spiro atoms. The number of alkyl halides is 2. The van der Waals surface area contributed by atoms with Gasteiger partial charge in [-0.15, -0.1) is 0 Å². The zero-order chi connectivity index (χ0) is 8.85. The second-order valence-electron chi connectivity index (χ2n) is 2.89. The second-order valence-corrected chi connectivity index (χ2v) is 2.89. The molecular weight excluding hydrogens is 148 g/mol. The SMILES string of the molecule is C=NCC(F)C[C@H](C)[C@H](C)F. The van der Waals surface area contributed by atoms with Crippen LogP contribution in [0.2, 0.25) is 0 Å². The van der Waals surface area contributed by atoms with Gasteiger partial charge in [-0.05, 0) is 26.0 Å². The van der Waals surface area contributed by atoms with Crippen LogP contribution in [0.3, 0.4) is 0 Å². The highest BCUT2D eigenvalue weighted by atomic mass is 19.1. The highest BCUT2D eigenvalue weighted by molar-refractivity contribution is 5.23. The monoisotopic (exact) mass is 163 g/mol. The largest absolute Gasteiger partial charge is 0.298 e. The van der Waals surface area contributed by atoms with E-state index in [1.807, 2.05) is 0 Å². The van der Waals surface area contributed by atoms with Gasteiger partial charge in [0.25, 0.3) is 0 Å². The fourth-order valence-electron chi connectivity index (χ4n) is 0.806. The van der Waals surface area contributed by atoms with Crippen LogP contribution in [0.4, 0.5) is 8.78 Å². The molecule has 0 aromatic carbocycles. The first-order valence-corrected chi connectivity index (χ1v) is 3.78. The molecule has 3 heteroatoms. The summed E-state index contributed by atoms with van der Waals surface area (Å²) in [6.45, 7) is 6.39. The van der Waals surface area contributed by atoms with Crippen molar-refractivity contribution < 1.29 is 8.78 Å². The molecule has 0 N–H and O–H groups in total. The van der Waals surface area contributed by atoms with Gasteiger partial charge in [-0.25, -0.2) is 8.78 Å². The van der Waals surface area contributed by atoms with Crippen molar-refractivity contribution in [2.45, 2.75) is 32.6 Å². The quantitative estimate of drug-likeness (QED) is 0.552. The van der Waals surface area contributed by atoms with Crippen molar-refractivity contribution in [1.29, 1.82) is 0 Å². The molecule has 1 unspecified atom stereocenters. The lowest BCUT2D eigenvalue weighted by Crippen LogP contribution is -2.16. The Balaban J connectivity index is 3.56. The summed E-state index contributed by atoms with van der Waals surface area (Å²) in [5.41, 5.74) is 0. The number of aliphatic imine (C=N–C) groups is 1. The molecule has 0 fully saturated rings. The molecule has 0 aromatic heterocycles. The van der Waals surface area contributed by atoms with E-state index in [-0.39, 0.29) is 18.9 Å². The zero-order valence-electron chi connectivity index (χ0n) is 7.06. The van der Waals surface area contributed by atoms with Gasteiger partial charge >= 0.3 is 0 Å². The number of rotatable bonds is 5. The average molecular weight is 163 g/mol.